The van der Waals surface area contributed by atoms with Crippen LogP contribution in [0.5, 0.6) is 0 Å². The number of alkyl halides is 3. The fourth-order valence-electron chi connectivity index (χ4n) is 2.61. The zero-order chi connectivity index (χ0) is 16.2. The van der Waals surface area contributed by atoms with Gasteiger partial charge in [0.15, 0.2) is 0 Å². The number of hydrogen-bond acceptors (Lipinski definition) is 3. The highest BCUT2D eigenvalue weighted by molar-refractivity contribution is 5.78. The number of benzene rings is 1. The van der Waals surface area contributed by atoms with Gasteiger partial charge in [-0.15, -0.1) is 0 Å². The van der Waals surface area contributed by atoms with E-state index in [-0.39, 0.29) is 24.1 Å². The molecule has 7 heteroatoms. The fraction of sp³-hybridized carbons (Fsp3) is 0.533. The van der Waals surface area contributed by atoms with Gasteiger partial charge in [0.05, 0.1) is 6.54 Å². The summed E-state index contributed by atoms with van der Waals surface area (Å²) in [6, 6.07) is 5.58. The first kappa shape index (κ1) is 16.8. The average Bonchev–Trinajstić information content (AvgIpc) is 2.47. The van der Waals surface area contributed by atoms with Gasteiger partial charge in [-0.05, 0) is 18.4 Å². The van der Waals surface area contributed by atoms with Crippen LogP contribution in [0.15, 0.2) is 30.3 Å². The Morgan fingerprint density at radius 3 is 2.64 bits per heavy atom. The van der Waals surface area contributed by atoms with Crippen LogP contribution >= 0.6 is 0 Å². The molecular formula is C15H20F3N3O. The van der Waals surface area contributed by atoms with Gasteiger partial charge in [-0.25, -0.2) is 0 Å². The van der Waals surface area contributed by atoms with Gasteiger partial charge in [0.2, 0.25) is 5.91 Å². The molecule has 1 aliphatic heterocycles. The van der Waals surface area contributed by atoms with Crippen LogP contribution in [0.25, 0.3) is 0 Å². The van der Waals surface area contributed by atoms with Crippen LogP contribution in [0.2, 0.25) is 0 Å². The predicted octanol–water partition coefficient (Wildman–Crippen LogP) is 1.83. The molecule has 2 rings (SSSR count). The normalized spacial score (nSPS) is 20.7. The van der Waals surface area contributed by atoms with Gasteiger partial charge in [0.1, 0.15) is 6.04 Å². The van der Waals surface area contributed by atoms with Gasteiger partial charge >= 0.3 is 6.18 Å². The van der Waals surface area contributed by atoms with Crippen LogP contribution in [-0.2, 0) is 4.79 Å². The van der Waals surface area contributed by atoms with E-state index in [9.17, 15) is 18.0 Å². The van der Waals surface area contributed by atoms with Crippen LogP contribution in [-0.4, -0.2) is 42.7 Å². The summed E-state index contributed by atoms with van der Waals surface area (Å²) in [6.07, 6.45) is -2.83. The Balaban J connectivity index is 1.98. The molecule has 1 fully saturated rings. The van der Waals surface area contributed by atoms with Crippen molar-refractivity contribution in [3.05, 3.63) is 35.9 Å². The van der Waals surface area contributed by atoms with Gasteiger partial charge in [-0.1, -0.05) is 30.3 Å². The van der Waals surface area contributed by atoms with Crippen molar-refractivity contribution in [2.45, 2.75) is 31.1 Å². The lowest BCUT2D eigenvalue weighted by atomic mass is 10.1. The van der Waals surface area contributed by atoms with E-state index in [1.54, 1.807) is 18.2 Å². The zero-order valence-corrected chi connectivity index (χ0v) is 12.1. The molecule has 22 heavy (non-hydrogen) atoms. The van der Waals surface area contributed by atoms with Crippen molar-refractivity contribution < 1.29 is 18.0 Å². The number of rotatable bonds is 4. The minimum absolute atomic E-state index is 0.0924. The third-order valence-corrected chi connectivity index (χ3v) is 3.73. The van der Waals surface area contributed by atoms with Gasteiger partial charge in [0, 0.05) is 19.1 Å². The van der Waals surface area contributed by atoms with E-state index in [0.29, 0.717) is 13.1 Å². The van der Waals surface area contributed by atoms with Crippen molar-refractivity contribution in [1.29, 1.82) is 0 Å². The summed E-state index contributed by atoms with van der Waals surface area (Å²) in [5, 5.41) is 2.33. The van der Waals surface area contributed by atoms with Gasteiger partial charge in [-0.3, -0.25) is 10.1 Å². The molecule has 0 bridgehead atoms. The Labute approximate surface area is 127 Å². The maximum Gasteiger partial charge on any atom is 0.407 e. The van der Waals surface area contributed by atoms with Crippen LogP contribution in [0.3, 0.4) is 0 Å². The quantitative estimate of drug-likeness (QED) is 0.891. The average molecular weight is 315 g/mol. The molecule has 4 nitrogen and oxygen atoms in total. The molecule has 1 aromatic carbocycles. The summed E-state index contributed by atoms with van der Waals surface area (Å²) in [4.78, 5) is 13.6. The van der Waals surface area contributed by atoms with Gasteiger partial charge < -0.3 is 10.6 Å². The van der Waals surface area contributed by atoms with Crippen molar-refractivity contribution in [2.24, 2.45) is 5.73 Å². The van der Waals surface area contributed by atoms with Crippen molar-refractivity contribution >= 4 is 5.91 Å². The first-order valence-electron chi connectivity index (χ1n) is 7.26. The fourth-order valence-corrected chi connectivity index (χ4v) is 2.61. The first-order valence-corrected chi connectivity index (χ1v) is 7.26. The highest BCUT2D eigenvalue weighted by Crippen LogP contribution is 2.32. The lowest BCUT2D eigenvalue weighted by Gasteiger charge is -2.31. The number of carbonyl (C=O) groups is 1. The zero-order valence-electron chi connectivity index (χ0n) is 12.1. The summed E-state index contributed by atoms with van der Waals surface area (Å²) in [7, 11) is 0. The highest BCUT2D eigenvalue weighted by atomic mass is 19.4. The summed E-state index contributed by atoms with van der Waals surface area (Å²) in [6.45, 7) is 0.602. The van der Waals surface area contributed by atoms with Crippen molar-refractivity contribution in [3.63, 3.8) is 0 Å². The monoisotopic (exact) mass is 315 g/mol. The number of nitrogens with one attached hydrogen (secondary N) is 1. The molecule has 0 radical (unpaired) electrons. The van der Waals surface area contributed by atoms with Crippen molar-refractivity contribution in [1.82, 2.24) is 10.2 Å². The molecule has 1 aliphatic rings. The summed E-state index contributed by atoms with van der Waals surface area (Å²) < 4.78 is 39.5. The molecule has 1 saturated heterocycles. The number of amides is 1. The Morgan fingerprint density at radius 1 is 1.36 bits per heavy atom. The van der Waals surface area contributed by atoms with E-state index in [1.165, 1.54) is 17.0 Å². The second kappa shape index (κ2) is 7.11. The second-order valence-electron chi connectivity index (χ2n) is 5.51. The smallest absolute Gasteiger partial charge is 0.340 e. The van der Waals surface area contributed by atoms with Crippen LogP contribution < -0.4 is 11.1 Å². The van der Waals surface area contributed by atoms with E-state index >= 15 is 0 Å². The first-order chi connectivity index (χ1) is 10.4. The topological polar surface area (TPSA) is 58.4 Å². The third kappa shape index (κ3) is 4.45. The Hall–Kier alpha value is -1.60. The van der Waals surface area contributed by atoms with Crippen molar-refractivity contribution in [3.8, 4) is 0 Å². The van der Waals surface area contributed by atoms with Crippen LogP contribution in [0.1, 0.15) is 24.4 Å². The molecule has 1 aromatic rings. The molecular weight excluding hydrogens is 295 g/mol. The summed E-state index contributed by atoms with van der Waals surface area (Å²) in [5.74, 6) is -0.347. The maximum atomic E-state index is 13.2. The maximum absolute atomic E-state index is 13.2. The number of nitrogens with zero attached hydrogens (tertiary/aromatic N) is 1. The molecule has 0 spiro atoms. The van der Waals surface area contributed by atoms with E-state index in [0.717, 1.165) is 12.8 Å². The Morgan fingerprint density at radius 2 is 2.05 bits per heavy atom. The van der Waals surface area contributed by atoms with Crippen molar-refractivity contribution in [2.75, 3.05) is 19.6 Å². The van der Waals surface area contributed by atoms with E-state index < -0.39 is 12.2 Å². The molecule has 122 valence electrons. The number of carbonyl (C=O) groups excluding carboxylic acids is 1. The summed E-state index contributed by atoms with van der Waals surface area (Å²) >= 11 is 0. The van der Waals surface area contributed by atoms with E-state index in [4.69, 9.17) is 5.73 Å². The molecule has 1 amide bonds. The minimum Gasteiger partial charge on any atom is -0.340 e. The second-order valence-corrected chi connectivity index (χ2v) is 5.51. The minimum atomic E-state index is -4.46. The predicted molar refractivity (Wildman–Crippen MR) is 77.0 cm³/mol. The molecule has 1 heterocycles. The third-order valence-electron chi connectivity index (χ3n) is 3.73. The molecule has 0 aliphatic carbocycles. The number of piperidine rings is 1. The molecule has 0 unspecified atom stereocenters. The molecule has 2 atom stereocenters. The highest BCUT2D eigenvalue weighted by Gasteiger charge is 2.40. The summed E-state index contributed by atoms with van der Waals surface area (Å²) in [5.41, 5.74) is 5.88. The molecule has 0 aromatic heterocycles. The van der Waals surface area contributed by atoms with Crippen LogP contribution in [0.4, 0.5) is 13.2 Å². The molecule has 3 N–H and O–H groups in total. The van der Waals surface area contributed by atoms with Crippen LogP contribution in [0, 0.1) is 0 Å². The number of nitrogens with two attached hydrogens (primary N) is 1. The lowest BCUT2D eigenvalue weighted by molar-refractivity contribution is -0.159. The lowest BCUT2D eigenvalue weighted by Crippen LogP contribution is -2.49. The molecule has 0 saturated carbocycles. The van der Waals surface area contributed by atoms with Gasteiger partial charge in [-0.2, -0.15) is 13.2 Å². The standard InChI is InChI=1S/C15H20F3N3O/c16-15(17,18)14(11-5-2-1-3-6-11)20-9-13(22)21-8-4-7-12(19)10-21/h1-3,5-6,12,14,20H,4,7-10,19H2/t12-,14+/m1/s1. The number of likely N-dealkylation sites (tertiary alicyclic amines) is 1. The van der Waals surface area contributed by atoms with E-state index in [1.807, 2.05) is 0 Å². The number of halogens is 3. The largest absolute Gasteiger partial charge is 0.407 e. The Kier molecular flexibility index (Phi) is 5.42. The SMILES string of the molecule is N[C@@H]1CCCN(C(=O)CN[C@@H](c2ccccc2)C(F)(F)F)C1. The van der Waals surface area contributed by atoms with Gasteiger partial charge in [0.25, 0.3) is 0 Å². The Bertz CT molecular complexity index is 493. The number of hydrogen-bond donors (Lipinski definition) is 2. The van der Waals surface area contributed by atoms with E-state index in [2.05, 4.69) is 5.32 Å².